The van der Waals surface area contributed by atoms with Gasteiger partial charge in [-0.25, -0.2) is 0 Å². The third kappa shape index (κ3) is 2.86. The van der Waals surface area contributed by atoms with E-state index in [0.717, 1.165) is 25.1 Å². The number of hydrogen-bond acceptors (Lipinski definition) is 2. The van der Waals surface area contributed by atoms with Crippen molar-refractivity contribution in [2.24, 2.45) is 0 Å². The number of rotatable bonds is 2. The molecule has 3 heteroatoms. The van der Waals surface area contributed by atoms with Crippen molar-refractivity contribution in [1.82, 2.24) is 5.32 Å². The van der Waals surface area contributed by atoms with Gasteiger partial charge in [-0.15, -0.1) is 0 Å². The minimum Gasteiger partial charge on any atom is -0.489 e. The lowest BCUT2D eigenvalue weighted by atomic mass is 10.0. The number of para-hydroxylation sites is 1. The molecule has 0 radical (unpaired) electrons. The third-order valence-corrected chi connectivity index (χ3v) is 3.02. The lowest BCUT2D eigenvalue weighted by molar-refractivity contribution is 0.144. The van der Waals surface area contributed by atoms with Crippen LogP contribution in [-0.2, 0) is 0 Å². The van der Waals surface area contributed by atoms with Crippen LogP contribution in [0, 0.1) is 0 Å². The lowest BCUT2D eigenvalue weighted by Crippen LogP contribution is -2.40. The Morgan fingerprint density at radius 3 is 2.93 bits per heavy atom. The first-order chi connectivity index (χ1) is 7.25. The van der Waals surface area contributed by atoms with Crippen molar-refractivity contribution < 1.29 is 4.74 Å². The summed E-state index contributed by atoms with van der Waals surface area (Å²) in [5.74, 6) is 0.804. The van der Waals surface area contributed by atoms with E-state index < -0.39 is 0 Å². The van der Waals surface area contributed by atoms with Gasteiger partial charge >= 0.3 is 0 Å². The van der Waals surface area contributed by atoms with E-state index in [1.54, 1.807) is 0 Å². The maximum Gasteiger partial charge on any atom is 0.138 e. The molecule has 1 aromatic carbocycles. The quantitative estimate of drug-likeness (QED) is 0.836. The third-order valence-electron chi connectivity index (χ3n) is 2.71. The molecule has 0 aromatic heterocycles. The molecule has 1 saturated heterocycles. The summed E-state index contributed by atoms with van der Waals surface area (Å²) in [6.07, 6.45) is 2.39. The van der Waals surface area contributed by atoms with Crippen molar-refractivity contribution in [3.63, 3.8) is 0 Å². The van der Waals surface area contributed by atoms with Gasteiger partial charge in [-0.3, -0.25) is 0 Å². The molecule has 1 fully saturated rings. The molecule has 1 heterocycles. The van der Waals surface area contributed by atoms with E-state index >= 15 is 0 Å². The fourth-order valence-corrected chi connectivity index (χ4v) is 2.09. The van der Waals surface area contributed by atoms with Crippen molar-refractivity contribution in [1.29, 1.82) is 0 Å². The van der Waals surface area contributed by atoms with E-state index in [2.05, 4.69) is 12.2 Å². The molecule has 1 aliphatic heterocycles. The molecule has 1 aromatic rings. The molecule has 2 rings (SSSR count). The predicted octanol–water partition coefficient (Wildman–Crippen LogP) is 2.86. The lowest BCUT2D eigenvalue weighted by Gasteiger charge is -2.28. The normalized spacial score (nSPS) is 26.3. The van der Waals surface area contributed by atoms with E-state index in [9.17, 15) is 0 Å². The van der Waals surface area contributed by atoms with Crippen molar-refractivity contribution in [2.75, 3.05) is 6.54 Å². The van der Waals surface area contributed by atoms with Crippen molar-refractivity contribution in [2.45, 2.75) is 31.9 Å². The smallest absolute Gasteiger partial charge is 0.138 e. The van der Waals surface area contributed by atoms with Gasteiger partial charge in [0.15, 0.2) is 0 Å². The van der Waals surface area contributed by atoms with Gasteiger partial charge in [0.2, 0.25) is 0 Å². The summed E-state index contributed by atoms with van der Waals surface area (Å²) in [6.45, 7) is 3.21. The molecule has 0 aliphatic carbocycles. The summed E-state index contributed by atoms with van der Waals surface area (Å²) in [4.78, 5) is 0. The van der Waals surface area contributed by atoms with Crippen LogP contribution < -0.4 is 10.1 Å². The van der Waals surface area contributed by atoms with E-state index in [1.807, 2.05) is 24.3 Å². The van der Waals surface area contributed by atoms with E-state index in [4.69, 9.17) is 16.3 Å². The van der Waals surface area contributed by atoms with E-state index in [-0.39, 0.29) is 0 Å². The zero-order valence-corrected chi connectivity index (χ0v) is 9.63. The molecule has 0 saturated carbocycles. The number of benzene rings is 1. The number of piperidine rings is 1. The molecular weight excluding hydrogens is 210 g/mol. The SMILES string of the molecule is C[C@@H]1C[C@H](Oc2ccccc2Cl)CCN1. The fraction of sp³-hybridized carbons (Fsp3) is 0.500. The zero-order valence-electron chi connectivity index (χ0n) is 8.87. The molecule has 1 N–H and O–H groups in total. The Morgan fingerprint density at radius 1 is 1.40 bits per heavy atom. The average Bonchev–Trinajstić information content (AvgIpc) is 2.22. The molecule has 0 bridgehead atoms. The number of hydrogen-bond donors (Lipinski definition) is 1. The molecule has 2 nitrogen and oxygen atoms in total. The summed E-state index contributed by atoms with van der Waals surface area (Å²) < 4.78 is 5.88. The van der Waals surface area contributed by atoms with E-state index in [0.29, 0.717) is 17.2 Å². The van der Waals surface area contributed by atoms with Crippen LogP contribution in [0.25, 0.3) is 0 Å². The van der Waals surface area contributed by atoms with Gasteiger partial charge in [0, 0.05) is 6.04 Å². The Kier molecular flexibility index (Phi) is 3.49. The standard InChI is InChI=1S/C12H16ClNO/c1-9-8-10(6-7-14-9)15-12-5-3-2-4-11(12)13/h2-5,9-10,14H,6-8H2,1H3/t9-,10-/m1/s1. The average molecular weight is 226 g/mol. The minimum absolute atomic E-state index is 0.293. The van der Waals surface area contributed by atoms with Crippen LogP contribution in [-0.4, -0.2) is 18.7 Å². The Bertz CT molecular complexity index is 329. The minimum atomic E-state index is 0.293. The monoisotopic (exact) mass is 225 g/mol. The van der Waals surface area contributed by atoms with Crippen molar-refractivity contribution >= 4 is 11.6 Å². The van der Waals surface area contributed by atoms with Gasteiger partial charge < -0.3 is 10.1 Å². The maximum atomic E-state index is 6.04. The highest BCUT2D eigenvalue weighted by atomic mass is 35.5. The highest BCUT2D eigenvalue weighted by Gasteiger charge is 2.20. The fourth-order valence-electron chi connectivity index (χ4n) is 1.91. The highest BCUT2D eigenvalue weighted by Crippen LogP contribution is 2.26. The summed E-state index contributed by atoms with van der Waals surface area (Å²) >= 11 is 6.04. The summed E-state index contributed by atoms with van der Waals surface area (Å²) in [5, 5.41) is 4.10. The Labute approximate surface area is 95.6 Å². The first-order valence-electron chi connectivity index (χ1n) is 5.40. The van der Waals surface area contributed by atoms with Gasteiger partial charge in [0.05, 0.1) is 5.02 Å². The molecular formula is C12H16ClNO. The van der Waals surface area contributed by atoms with Gasteiger partial charge in [0.1, 0.15) is 11.9 Å². The molecule has 0 unspecified atom stereocenters. The van der Waals surface area contributed by atoms with Crippen molar-refractivity contribution in [3.05, 3.63) is 29.3 Å². The molecule has 2 atom stereocenters. The molecule has 0 amide bonds. The first kappa shape index (κ1) is 10.8. The van der Waals surface area contributed by atoms with Crippen LogP contribution in [0.2, 0.25) is 5.02 Å². The van der Waals surface area contributed by atoms with Gasteiger partial charge in [-0.1, -0.05) is 23.7 Å². The van der Waals surface area contributed by atoms with Crippen LogP contribution in [0.15, 0.2) is 24.3 Å². The van der Waals surface area contributed by atoms with Crippen molar-refractivity contribution in [3.8, 4) is 5.75 Å². The second kappa shape index (κ2) is 4.86. The zero-order chi connectivity index (χ0) is 10.7. The van der Waals surface area contributed by atoms with Crippen LogP contribution >= 0.6 is 11.6 Å². The Balaban J connectivity index is 1.99. The molecule has 0 spiro atoms. The second-order valence-corrected chi connectivity index (χ2v) is 4.46. The maximum absolute atomic E-state index is 6.04. The van der Waals surface area contributed by atoms with Gasteiger partial charge in [-0.2, -0.15) is 0 Å². The summed E-state index contributed by atoms with van der Waals surface area (Å²) in [5.41, 5.74) is 0. The molecule has 82 valence electrons. The largest absolute Gasteiger partial charge is 0.489 e. The number of halogens is 1. The second-order valence-electron chi connectivity index (χ2n) is 4.05. The van der Waals surface area contributed by atoms with Gasteiger partial charge in [-0.05, 0) is 38.4 Å². The first-order valence-corrected chi connectivity index (χ1v) is 5.78. The predicted molar refractivity (Wildman–Crippen MR) is 62.6 cm³/mol. The number of nitrogens with one attached hydrogen (secondary N) is 1. The van der Waals surface area contributed by atoms with Crippen LogP contribution in [0.1, 0.15) is 19.8 Å². The van der Waals surface area contributed by atoms with Gasteiger partial charge in [0.25, 0.3) is 0 Å². The Morgan fingerprint density at radius 2 is 2.20 bits per heavy atom. The Hall–Kier alpha value is -0.730. The van der Waals surface area contributed by atoms with E-state index in [1.165, 1.54) is 0 Å². The summed E-state index contributed by atoms with van der Waals surface area (Å²) in [7, 11) is 0. The number of ether oxygens (including phenoxy) is 1. The van der Waals surface area contributed by atoms with Crippen LogP contribution in [0.3, 0.4) is 0 Å². The molecule has 1 aliphatic rings. The van der Waals surface area contributed by atoms with Crippen LogP contribution in [0.4, 0.5) is 0 Å². The van der Waals surface area contributed by atoms with Crippen LogP contribution in [0.5, 0.6) is 5.75 Å². The summed E-state index contributed by atoms with van der Waals surface area (Å²) in [6, 6.07) is 8.19. The highest BCUT2D eigenvalue weighted by molar-refractivity contribution is 6.32. The topological polar surface area (TPSA) is 21.3 Å². The molecule has 15 heavy (non-hydrogen) atoms.